The molecule has 20 heavy (non-hydrogen) atoms. The van der Waals surface area contributed by atoms with E-state index in [0.717, 1.165) is 31.7 Å². The first-order valence-electron chi connectivity index (χ1n) is 6.91. The maximum atomic E-state index is 13.1. The number of hydrogen-bond acceptors (Lipinski definition) is 3. The molecule has 0 bridgehead atoms. The van der Waals surface area contributed by atoms with Crippen LogP contribution < -0.4 is 4.74 Å². The number of rotatable bonds is 3. The molecule has 5 heteroatoms. The first-order chi connectivity index (χ1) is 9.58. The molecule has 1 aromatic carbocycles. The van der Waals surface area contributed by atoms with Crippen LogP contribution in [0.25, 0.3) is 0 Å². The molecule has 1 atom stereocenters. The Morgan fingerprint density at radius 1 is 1.45 bits per heavy atom. The predicted octanol–water partition coefficient (Wildman–Crippen LogP) is 3.00. The van der Waals surface area contributed by atoms with E-state index in [1.807, 2.05) is 0 Å². The number of ether oxygens (including phenoxy) is 2. The van der Waals surface area contributed by atoms with Gasteiger partial charge in [0.15, 0.2) is 0 Å². The molecule has 2 fully saturated rings. The summed E-state index contributed by atoms with van der Waals surface area (Å²) < 4.78 is 24.8. The Kier molecular flexibility index (Phi) is 3.38. The molecular weight excluding hydrogens is 263 g/mol. The van der Waals surface area contributed by atoms with Crippen molar-refractivity contribution in [1.29, 1.82) is 0 Å². The summed E-state index contributed by atoms with van der Waals surface area (Å²) in [6.45, 7) is 0.633. The van der Waals surface area contributed by atoms with Crippen LogP contribution in [0.15, 0.2) is 18.2 Å². The Labute approximate surface area is 116 Å². The molecule has 0 aromatic heterocycles. The molecule has 108 valence electrons. The average Bonchev–Trinajstić information content (AvgIpc) is 2.39. The lowest BCUT2D eigenvalue weighted by Gasteiger charge is -2.46. The fraction of sp³-hybridized carbons (Fsp3) is 0.533. The summed E-state index contributed by atoms with van der Waals surface area (Å²) in [7, 11) is 0. The summed E-state index contributed by atoms with van der Waals surface area (Å²) in [4.78, 5) is 11.1. The molecular formula is C15H17FO4. The van der Waals surface area contributed by atoms with Crippen LogP contribution in [0.5, 0.6) is 5.75 Å². The van der Waals surface area contributed by atoms with Gasteiger partial charge in [0.2, 0.25) is 0 Å². The second-order valence-electron chi connectivity index (χ2n) is 5.56. The largest absolute Gasteiger partial charge is 0.489 e. The van der Waals surface area contributed by atoms with E-state index in [2.05, 4.69) is 0 Å². The van der Waals surface area contributed by atoms with Crippen LogP contribution in [0.1, 0.15) is 42.5 Å². The third kappa shape index (κ3) is 2.50. The Balaban J connectivity index is 1.75. The maximum absolute atomic E-state index is 13.1. The molecule has 1 heterocycles. The number of hydrogen-bond donors (Lipinski definition) is 1. The van der Waals surface area contributed by atoms with E-state index in [1.165, 1.54) is 18.6 Å². The van der Waals surface area contributed by atoms with Gasteiger partial charge in [0, 0.05) is 12.8 Å². The number of carboxylic acids is 1. The third-order valence-corrected chi connectivity index (χ3v) is 4.18. The lowest BCUT2D eigenvalue weighted by atomic mass is 9.74. The van der Waals surface area contributed by atoms with Gasteiger partial charge >= 0.3 is 5.97 Å². The Morgan fingerprint density at radius 2 is 2.25 bits per heavy atom. The van der Waals surface area contributed by atoms with E-state index < -0.39 is 11.8 Å². The normalized spacial score (nSPS) is 24.1. The van der Waals surface area contributed by atoms with Crippen molar-refractivity contribution in [2.45, 2.75) is 43.8 Å². The van der Waals surface area contributed by atoms with Crippen molar-refractivity contribution >= 4 is 5.97 Å². The molecule has 1 aliphatic heterocycles. The molecule has 0 radical (unpaired) electrons. The lowest BCUT2D eigenvalue weighted by Crippen LogP contribution is -2.48. The molecule has 1 saturated carbocycles. The second kappa shape index (κ2) is 5.05. The van der Waals surface area contributed by atoms with Crippen LogP contribution in [0, 0.1) is 5.82 Å². The number of carbonyl (C=O) groups is 1. The minimum absolute atomic E-state index is 0.0624. The summed E-state index contributed by atoms with van der Waals surface area (Å²) in [5.41, 5.74) is -0.189. The topological polar surface area (TPSA) is 55.8 Å². The second-order valence-corrected chi connectivity index (χ2v) is 5.56. The zero-order valence-corrected chi connectivity index (χ0v) is 11.1. The zero-order valence-electron chi connectivity index (χ0n) is 11.1. The fourth-order valence-corrected chi connectivity index (χ4v) is 2.95. The highest BCUT2D eigenvalue weighted by molar-refractivity contribution is 5.90. The first-order valence-corrected chi connectivity index (χ1v) is 6.91. The summed E-state index contributed by atoms with van der Waals surface area (Å²) in [6, 6.07) is 3.61. The Morgan fingerprint density at radius 3 is 2.90 bits per heavy atom. The number of aromatic carboxylic acids is 1. The van der Waals surface area contributed by atoms with E-state index in [1.54, 1.807) is 0 Å². The van der Waals surface area contributed by atoms with Crippen LogP contribution in [0.4, 0.5) is 4.39 Å². The number of carboxylic acid groups (broad SMARTS) is 1. The monoisotopic (exact) mass is 280 g/mol. The van der Waals surface area contributed by atoms with E-state index in [-0.39, 0.29) is 23.0 Å². The van der Waals surface area contributed by atoms with E-state index in [0.29, 0.717) is 6.61 Å². The van der Waals surface area contributed by atoms with Gasteiger partial charge in [-0.2, -0.15) is 0 Å². The third-order valence-electron chi connectivity index (χ3n) is 4.18. The van der Waals surface area contributed by atoms with Crippen molar-refractivity contribution in [1.82, 2.24) is 0 Å². The van der Waals surface area contributed by atoms with Crippen molar-refractivity contribution in [3.05, 3.63) is 29.6 Å². The highest BCUT2D eigenvalue weighted by atomic mass is 19.1. The van der Waals surface area contributed by atoms with Gasteiger partial charge in [-0.15, -0.1) is 0 Å². The van der Waals surface area contributed by atoms with Crippen LogP contribution >= 0.6 is 0 Å². The fourth-order valence-electron chi connectivity index (χ4n) is 2.95. The van der Waals surface area contributed by atoms with Gasteiger partial charge in [-0.3, -0.25) is 0 Å². The molecule has 0 amide bonds. The number of benzene rings is 1. The molecule has 4 nitrogen and oxygen atoms in total. The van der Waals surface area contributed by atoms with Crippen molar-refractivity contribution in [2.75, 3.05) is 6.61 Å². The first kappa shape index (κ1) is 13.4. The van der Waals surface area contributed by atoms with Crippen LogP contribution in [-0.4, -0.2) is 29.4 Å². The van der Waals surface area contributed by atoms with Gasteiger partial charge in [0.05, 0.1) is 12.2 Å². The average molecular weight is 280 g/mol. The molecule has 1 saturated heterocycles. The van der Waals surface area contributed by atoms with Gasteiger partial charge in [0.25, 0.3) is 0 Å². The standard InChI is InChI=1S/C15H17FO4/c16-10-2-3-13(12(8-10)14(17)18)20-11-4-7-19-15(9-11)5-1-6-15/h2-3,8,11H,1,4-7,9H2,(H,17,18). The van der Waals surface area contributed by atoms with Gasteiger partial charge < -0.3 is 14.6 Å². The number of halogens is 1. The molecule has 3 rings (SSSR count). The lowest BCUT2D eigenvalue weighted by molar-refractivity contribution is -0.153. The molecule has 1 aromatic rings. The van der Waals surface area contributed by atoms with Gasteiger partial charge in [0.1, 0.15) is 23.2 Å². The van der Waals surface area contributed by atoms with Crippen molar-refractivity contribution in [2.24, 2.45) is 0 Å². The Hall–Kier alpha value is -1.62. The molecule has 1 spiro atoms. The minimum Gasteiger partial charge on any atom is -0.489 e. The molecule has 1 N–H and O–H groups in total. The van der Waals surface area contributed by atoms with Gasteiger partial charge in [-0.05, 0) is 37.5 Å². The smallest absolute Gasteiger partial charge is 0.339 e. The Bertz CT molecular complexity index is 525. The quantitative estimate of drug-likeness (QED) is 0.924. The van der Waals surface area contributed by atoms with E-state index >= 15 is 0 Å². The van der Waals surface area contributed by atoms with Crippen molar-refractivity contribution in [3.8, 4) is 5.75 Å². The highest BCUT2D eigenvalue weighted by Crippen LogP contribution is 2.43. The van der Waals surface area contributed by atoms with Crippen LogP contribution in [0.2, 0.25) is 0 Å². The van der Waals surface area contributed by atoms with Gasteiger partial charge in [-0.25, -0.2) is 9.18 Å². The van der Waals surface area contributed by atoms with Crippen molar-refractivity contribution < 1.29 is 23.8 Å². The van der Waals surface area contributed by atoms with Crippen LogP contribution in [0.3, 0.4) is 0 Å². The van der Waals surface area contributed by atoms with Crippen LogP contribution in [-0.2, 0) is 4.74 Å². The molecule has 1 unspecified atom stereocenters. The summed E-state index contributed by atoms with van der Waals surface area (Å²) in [6.07, 6.45) is 4.71. The highest BCUT2D eigenvalue weighted by Gasteiger charge is 2.43. The van der Waals surface area contributed by atoms with Gasteiger partial charge in [-0.1, -0.05) is 0 Å². The zero-order chi connectivity index (χ0) is 14.2. The summed E-state index contributed by atoms with van der Waals surface area (Å²) in [5, 5.41) is 9.11. The maximum Gasteiger partial charge on any atom is 0.339 e. The molecule has 1 aliphatic carbocycles. The summed E-state index contributed by atoms with van der Waals surface area (Å²) >= 11 is 0. The summed E-state index contributed by atoms with van der Waals surface area (Å²) in [5.74, 6) is -1.51. The molecule has 2 aliphatic rings. The minimum atomic E-state index is -1.18. The van der Waals surface area contributed by atoms with E-state index in [9.17, 15) is 9.18 Å². The SMILES string of the molecule is O=C(O)c1cc(F)ccc1OC1CCOC2(CCC2)C1. The van der Waals surface area contributed by atoms with Crippen molar-refractivity contribution in [3.63, 3.8) is 0 Å². The predicted molar refractivity (Wildman–Crippen MR) is 69.5 cm³/mol. The van der Waals surface area contributed by atoms with E-state index in [4.69, 9.17) is 14.6 Å².